The molecule has 1 N–H and O–H groups in total. The van der Waals surface area contributed by atoms with Gasteiger partial charge < -0.3 is 15.0 Å². The highest BCUT2D eigenvalue weighted by Crippen LogP contribution is 2.20. The van der Waals surface area contributed by atoms with Crippen molar-refractivity contribution >= 4 is 21.7 Å². The fourth-order valence-electron chi connectivity index (χ4n) is 2.79. The second-order valence-corrected chi connectivity index (χ2v) is 7.95. The van der Waals surface area contributed by atoms with E-state index in [0.29, 0.717) is 11.4 Å². The van der Waals surface area contributed by atoms with Crippen LogP contribution in [0.15, 0.2) is 53.4 Å². The van der Waals surface area contributed by atoms with Gasteiger partial charge in [0.25, 0.3) is 0 Å². The van der Waals surface area contributed by atoms with Crippen molar-refractivity contribution in [3.8, 4) is 5.75 Å². The van der Waals surface area contributed by atoms with E-state index in [1.54, 1.807) is 36.3 Å². The quantitative estimate of drug-likeness (QED) is 0.865. The van der Waals surface area contributed by atoms with Crippen LogP contribution in [0, 0.1) is 5.82 Å². The molecule has 27 heavy (non-hydrogen) atoms. The van der Waals surface area contributed by atoms with E-state index in [-0.39, 0.29) is 37.1 Å². The molecule has 7 nitrogen and oxygen atoms in total. The van der Waals surface area contributed by atoms with Crippen LogP contribution in [0.1, 0.15) is 0 Å². The van der Waals surface area contributed by atoms with E-state index in [4.69, 9.17) is 4.74 Å². The molecule has 0 aromatic heterocycles. The average Bonchev–Trinajstić information content (AvgIpc) is 2.68. The van der Waals surface area contributed by atoms with Crippen LogP contribution in [0.3, 0.4) is 0 Å². The van der Waals surface area contributed by atoms with Gasteiger partial charge in [0.15, 0.2) is 0 Å². The number of nitrogens with zero attached hydrogens (tertiary/aromatic N) is 2. The highest BCUT2D eigenvalue weighted by molar-refractivity contribution is 7.89. The van der Waals surface area contributed by atoms with Gasteiger partial charge in [-0.15, -0.1) is 0 Å². The number of nitrogens with one attached hydrogen (secondary N) is 1. The number of benzene rings is 2. The van der Waals surface area contributed by atoms with E-state index in [9.17, 15) is 17.6 Å². The van der Waals surface area contributed by atoms with Crippen molar-refractivity contribution in [2.45, 2.75) is 4.90 Å². The lowest BCUT2D eigenvalue weighted by Gasteiger charge is -2.34. The van der Waals surface area contributed by atoms with Crippen molar-refractivity contribution < 1.29 is 22.3 Å². The fourth-order valence-corrected chi connectivity index (χ4v) is 4.21. The second kappa shape index (κ2) is 7.93. The van der Waals surface area contributed by atoms with Gasteiger partial charge in [0, 0.05) is 37.9 Å². The zero-order valence-electron chi connectivity index (χ0n) is 14.8. The Bertz CT molecular complexity index is 910. The van der Waals surface area contributed by atoms with Gasteiger partial charge in [-0.3, -0.25) is 0 Å². The fraction of sp³-hybridized carbons (Fsp3) is 0.278. The first-order valence-electron chi connectivity index (χ1n) is 8.36. The smallest absolute Gasteiger partial charge is 0.321 e. The van der Waals surface area contributed by atoms with E-state index < -0.39 is 15.8 Å². The Morgan fingerprint density at radius 1 is 1.07 bits per heavy atom. The molecule has 0 spiro atoms. The SMILES string of the molecule is COc1cccc(NC(=O)N2CCN(S(=O)(=O)c3ccc(F)cc3)CC2)c1. The van der Waals surface area contributed by atoms with Crippen molar-refractivity contribution in [3.05, 3.63) is 54.3 Å². The van der Waals surface area contributed by atoms with E-state index in [1.807, 2.05) is 0 Å². The third-order valence-corrected chi connectivity index (χ3v) is 6.21. The van der Waals surface area contributed by atoms with Gasteiger partial charge in [0.2, 0.25) is 10.0 Å². The Balaban J connectivity index is 1.61. The first-order chi connectivity index (χ1) is 12.9. The summed E-state index contributed by atoms with van der Waals surface area (Å²) in [6, 6.07) is 11.4. The summed E-state index contributed by atoms with van der Waals surface area (Å²) < 4.78 is 44.7. The van der Waals surface area contributed by atoms with Crippen molar-refractivity contribution in [3.63, 3.8) is 0 Å². The van der Waals surface area contributed by atoms with Gasteiger partial charge in [0.05, 0.1) is 12.0 Å². The Labute approximate surface area is 157 Å². The van der Waals surface area contributed by atoms with Gasteiger partial charge >= 0.3 is 6.03 Å². The molecule has 1 fully saturated rings. The number of sulfonamides is 1. The summed E-state index contributed by atoms with van der Waals surface area (Å²) in [5, 5.41) is 2.78. The summed E-state index contributed by atoms with van der Waals surface area (Å²) in [6.45, 7) is 0.864. The molecule has 9 heteroatoms. The summed E-state index contributed by atoms with van der Waals surface area (Å²) in [4.78, 5) is 14.0. The first-order valence-corrected chi connectivity index (χ1v) is 9.80. The highest BCUT2D eigenvalue weighted by atomic mass is 32.2. The lowest BCUT2D eigenvalue weighted by molar-refractivity contribution is 0.184. The van der Waals surface area contributed by atoms with Gasteiger partial charge in [-0.1, -0.05) is 6.07 Å². The molecule has 2 aromatic rings. The highest BCUT2D eigenvalue weighted by Gasteiger charge is 2.30. The van der Waals surface area contributed by atoms with Crippen LogP contribution < -0.4 is 10.1 Å². The van der Waals surface area contributed by atoms with Crippen LogP contribution in [0.2, 0.25) is 0 Å². The lowest BCUT2D eigenvalue weighted by atomic mass is 10.3. The predicted octanol–water partition coefficient (Wildman–Crippen LogP) is 2.37. The maximum absolute atomic E-state index is 13.0. The van der Waals surface area contributed by atoms with E-state index in [1.165, 1.54) is 16.4 Å². The van der Waals surface area contributed by atoms with Gasteiger partial charge in [-0.25, -0.2) is 17.6 Å². The number of piperazine rings is 1. The number of carbonyl (C=O) groups is 1. The molecule has 1 saturated heterocycles. The van der Waals surface area contributed by atoms with Crippen LogP contribution in [-0.2, 0) is 10.0 Å². The van der Waals surface area contributed by atoms with Crippen molar-refractivity contribution in [2.75, 3.05) is 38.6 Å². The molecular weight excluding hydrogens is 373 g/mol. The van der Waals surface area contributed by atoms with Crippen molar-refractivity contribution in [1.29, 1.82) is 0 Å². The third kappa shape index (κ3) is 4.37. The Morgan fingerprint density at radius 3 is 2.37 bits per heavy atom. The summed E-state index contributed by atoms with van der Waals surface area (Å²) >= 11 is 0. The number of methoxy groups -OCH3 is 1. The number of urea groups is 1. The molecule has 3 rings (SSSR count). The molecule has 0 aliphatic carbocycles. The molecule has 144 valence electrons. The standard InChI is InChI=1S/C18H20FN3O4S/c1-26-16-4-2-3-15(13-16)20-18(23)21-9-11-22(12-10-21)27(24,25)17-7-5-14(19)6-8-17/h2-8,13H,9-12H2,1H3,(H,20,23). The number of hydrogen-bond acceptors (Lipinski definition) is 4. The summed E-state index contributed by atoms with van der Waals surface area (Å²) in [7, 11) is -2.16. The van der Waals surface area contributed by atoms with Crippen molar-refractivity contribution in [2.24, 2.45) is 0 Å². The number of amides is 2. The monoisotopic (exact) mass is 393 g/mol. The van der Waals surface area contributed by atoms with Gasteiger partial charge in [-0.2, -0.15) is 4.31 Å². The van der Waals surface area contributed by atoms with E-state index in [0.717, 1.165) is 12.1 Å². The summed E-state index contributed by atoms with van der Waals surface area (Å²) in [6.07, 6.45) is 0. The maximum Gasteiger partial charge on any atom is 0.321 e. The van der Waals surface area contributed by atoms with Crippen LogP contribution in [-0.4, -0.2) is 56.9 Å². The number of ether oxygens (including phenoxy) is 1. The molecule has 1 aliphatic heterocycles. The summed E-state index contributed by atoms with van der Waals surface area (Å²) in [5.74, 6) is 0.135. The minimum Gasteiger partial charge on any atom is -0.497 e. The van der Waals surface area contributed by atoms with E-state index >= 15 is 0 Å². The molecule has 0 unspecified atom stereocenters. The number of carbonyl (C=O) groups excluding carboxylic acids is 1. The zero-order valence-corrected chi connectivity index (χ0v) is 15.6. The van der Waals surface area contributed by atoms with Crippen LogP contribution in [0.5, 0.6) is 5.75 Å². The number of anilines is 1. The molecular formula is C18H20FN3O4S. The van der Waals surface area contributed by atoms with Crippen LogP contribution in [0.4, 0.5) is 14.9 Å². The average molecular weight is 393 g/mol. The Hall–Kier alpha value is -2.65. The number of halogens is 1. The van der Waals surface area contributed by atoms with Gasteiger partial charge in [-0.05, 0) is 36.4 Å². The molecule has 0 bridgehead atoms. The molecule has 2 amide bonds. The maximum atomic E-state index is 13.0. The largest absolute Gasteiger partial charge is 0.497 e. The molecule has 0 atom stereocenters. The van der Waals surface area contributed by atoms with E-state index in [2.05, 4.69) is 5.32 Å². The predicted molar refractivity (Wildman–Crippen MR) is 98.7 cm³/mol. The zero-order chi connectivity index (χ0) is 19.4. The summed E-state index contributed by atoms with van der Waals surface area (Å²) in [5.41, 5.74) is 0.598. The molecule has 0 saturated carbocycles. The topological polar surface area (TPSA) is 79.0 Å². The molecule has 1 aliphatic rings. The number of hydrogen-bond donors (Lipinski definition) is 1. The minimum absolute atomic E-state index is 0.0400. The second-order valence-electron chi connectivity index (χ2n) is 6.01. The number of rotatable bonds is 4. The molecule has 2 aromatic carbocycles. The first kappa shape index (κ1) is 19.1. The Kier molecular flexibility index (Phi) is 5.62. The molecule has 0 radical (unpaired) electrons. The Morgan fingerprint density at radius 2 is 1.74 bits per heavy atom. The normalized spacial score (nSPS) is 15.4. The van der Waals surface area contributed by atoms with Crippen LogP contribution >= 0.6 is 0 Å². The lowest BCUT2D eigenvalue weighted by Crippen LogP contribution is -2.51. The third-order valence-electron chi connectivity index (χ3n) is 4.30. The van der Waals surface area contributed by atoms with Crippen LogP contribution in [0.25, 0.3) is 0 Å². The molecule has 1 heterocycles. The van der Waals surface area contributed by atoms with Gasteiger partial charge in [0.1, 0.15) is 11.6 Å². The van der Waals surface area contributed by atoms with Crippen molar-refractivity contribution in [1.82, 2.24) is 9.21 Å². The minimum atomic E-state index is -3.70.